The van der Waals surface area contributed by atoms with E-state index in [2.05, 4.69) is 15.3 Å². The Balaban J connectivity index is 1.69. The number of fused-ring (bicyclic) bond motifs is 1. The minimum absolute atomic E-state index is 0.0963. The predicted molar refractivity (Wildman–Crippen MR) is 94.9 cm³/mol. The lowest BCUT2D eigenvalue weighted by molar-refractivity contribution is -0.141. The molecule has 1 aromatic heterocycles. The number of halogens is 3. The molecule has 0 aliphatic carbocycles. The van der Waals surface area contributed by atoms with E-state index in [1.807, 2.05) is 36.4 Å². The molecule has 0 radical (unpaired) electrons. The van der Waals surface area contributed by atoms with Crippen LogP contribution in [0.5, 0.6) is 0 Å². The van der Waals surface area contributed by atoms with Gasteiger partial charge in [-0.15, -0.1) is 0 Å². The van der Waals surface area contributed by atoms with Crippen molar-refractivity contribution in [2.75, 3.05) is 5.32 Å². The summed E-state index contributed by atoms with van der Waals surface area (Å²) in [6, 6.07) is 14.0. The van der Waals surface area contributed by atoms with E-state index < -0.39 is 17.1 Å². The lowest BCUT2D eigenvalue weighted by atomic mass is 10.1. The van der Waals surface area contributed by atoms with Crippen molar-refractivity contribution in [3.8, 4) is 0 Å². The van der Waals surface area contributed by atoms with Gasteiger partial charge >= 0.3 is 6.18 Å². The Bertz CT molecular complexity index is 946. The van der Waals surface area contributed by atoms with Crippen LogP contribution in [0, 0.1) is 0 Å². The first kappa shape index (κ1) is 18.2. The molecule has 0 bridgehead atoms. The van der Waals surface area contributed by atoms with Crippen molar-refractivity contribution in [2.45, 2.75) is 23.5 Å². The van der Waals surface area contributed by atoms with Crippen molar-refractivity contribution in [1.82, 2.24) is 9.97 Å². The molecule has 0 aliphatic rings. The third kappa shape index (κ3) is 4.32. The number of rotatable bonds is 4. The van der Waals surface area contributed by atoms with Crippen LogP contribution in [0.4, 0.5) is 18.9 Å². The third-order valence-electron chi connectivity index (χ3n) is 3.59. The van der Waals surface area contributed by atoms with E-state index in [9.17, 15) is 18.0 Å². The van der Waals surface area contributed by atoms with Gasteiger partial charge in [0.2, 0.25) is 5.91 Å². The zero-order valence-electron chi connectivity index (χ0n) is 13.6. The second-order valence-electron chi connectivity index (χ2n) is 5.53. The van der Waals surface area contributed by atoms with Crippen LogP contribution in [0.1, 0.15) is 12.6 Å². The van der Waals surface area contributed by atoms with Gasteiger partial charge in [-0.2, -0.15) is 13.2 Å². The molecule has 0 spiro atoms. The van der Waals surface area contributed by atoms with Crippen LogP contribution in [0.2, 0.25) is 0 Å². The summed E-state index contributed by atoms with van der Waals surface area (Å²) < 4.78 is 38.1. The van der Waals surface area contributed by atoms with E-state index in [-0.39, 0.29) is 11.1 Å². The van der Waals surface area contributed by atoms with E-state index in [0.29, 0.717) is 5.69 Å². The number of carbonyl (C=O) groups is 1. The maximum Gasteiger partial charge on any atom is 0.433 e. The number of hydrogen-bond acceptors (Lipinski definition) is 4. The summed E-state index contributed by atoms with van der Waals surface area (Å²) in [5.74, 6) is -0.341. The number of nitrogens with one attached hydrogen (secondary N) is 1. The molecule has 0 saturated heterocycles. The lowest BCUT2D eigenvalue weighted by Gasteiger charge is -2.12. The monoisotopic (exact) mass is 377 g/mol. The van der Waals surface area contributed by atoms with Gasteiger partial charge in [0.05, 0.1) is 5.25 Å². The van der Waals surface area contributed by atoms with Crippen LogP contribution in [0.15, 0.2) is 59.9 Å². The van der Waals surface area contributed by atoms with E-state index in [4.69, 9.17) is 0 Å². The average Bonchev–Trinajstić information content (AvgIpc) is 2.61. The third-order valence-corrected chi connectivity index (χ3v) is 4.57. The number of alkyl halides is 3. The summed E-state index contributed by atoms with van der Waals surface area (Å²) in [6.07, 6.45) is -3.51. The highest BCUT2D eigenvalue weighted by Gasteiger charge is 2.33. The van der Waals surface area contributed by atoms with Crippen molar-refractivity contribution >= 4 is 34.1 Å². The molecule has 3 rings (SSSR count). The summed E-state index contributed by atoms with van der Waals surface area (Å²) in [5, 5.41) is 4.03. The van der Waals surface area contributed by atoms with Gasteiger partial charge in [-0.05, 0) is 35.9 Å². The van der Waals surface area contributed by atoms with Gasteiger partial charge in [-0.1, -0.05) is 42.1 Å². The molecule has 134 valence electrons. The van der Waals surface area contributed by atoms with Crippen LogP contribution in [-0.4, -0.2) is 21.1 Å². The lowest BCUT2D eigenvalue weighted by Crippen LogP contribution is -2.22. The fourth-order valence-electron chi connectivity index (χ4n) is 2.28. The molecular weight excluding hydrogens is 363 g/mol. The van der Waals surface area contributed by atoms with Crippen molar-refractivity contribution in [1.29, 1.82) is 0 Å². The van der Waals surface area contributed by atoms with Gasteiger partial charge in [-0.25, -0.2) is 9.97 Å². The summed E-state index contributed by atoms with van der Waals surface area (Å²) >= 11 is 0.871. The molecule has 3 aromatic rings. The second kappa shape index (κ2) is 7.33. The first-order valence-corrected chi connectivity index (χ1v) is 8.57. The number of thioether (sulfide) groups is 1. The molecule has 8 heteroatoms. The van der Waals surface area contributed by atoms with Gasteiger partial charge < -0.3 is 5.32 Å². The molecule has 1 N–H and O–H groups in total. The standard InChI is InChI=1S/C18H14F3N3OS/c1-11(26-17-22-9-8-15(24-17)18(19,20)21)16(25)23-14-7-6-12-4-2-3-5-13(12)10-14/h2-11H,1H3,(H,23,25). The Labute approximate surface area is 151 Å². The molecule has 0 saturated carbocycles. The van der Waals surface area contributed by atoms with Gasteiger partial charge in [-0.3, -0.25) is 4.79 Å². The second-order valence-corrected chi connectivity index (χ2v) is 6.84. The zero-order valence-corrected chi connectivity index (χ0v) is 14.4. The molecular formula is C18H14F3N3OS. The van der Waals surface area contributed by atoms with E-state index >= 15 is 0 Å². The van der Waals surface area contributed by atoms with E-state index in [1.54, 1.807) is 13.0 Å². The molecule has 0 fully saturated rings. The van der Waals surface area contributed by atoms with Crippen LogP contribution in [-0.2, 0) is 11.0 Å². The zero-order chi connectivity index (χ0) is 18.7. The maximum atomic E-state index is 12.7. The molecule has 1 amide bonds. The summed E-state index contributed by atoms with van der Waals surface area (Å²) in [6.45, 7) is 1.59. The highest BCUT2D eigenvalue weighted by Crippen LogP contribution is 2.29. The Morgan fingerprint density at radius 2 is 1.85 bits per heavy atom. The quantitative estimate of drug-likeness (QED) is 0.526. The first-order valence-electron chi connectivity index (χ1n) is 7.69. The highest BCUT2D eigenvalue weighted by atomic mass is 32.2. The SMILES string of the molecule is CC(Sc1nccc(C(F)(F)F)n1)C(=O)Nc1ccc2ccccc2c1. The van der Waals surface area contributed by atoms with Crippen LogP contribution < -0.4 is 5.32 Å². The number of nitrogens with zero attached hydrogens (tertiary/aromatic N) is 2. The van der Waals surface area contributed by atoms with Crippen LogP contribution in [0.3, 0.4) is 0 Å². The number of carbonyl (C=O) groups excluding carboxylic acids is 1. The van der Waals surface area contributed by atoms with Gasteiger partial charge in [0.15, 0.2) is 5.16 Å². The summed E-state index contributed by atoms with van der Waals surface area (Å²) in [4.78, 5) is 19.6. The smallest absolute Gasteiger partial charge is 0.325 e. The van der Waals surface area contributed by atoms with Gasteiger partial charge in [0.25, 0.3) is 0 Å². The van der Waals surface area contributed by atoms with E-state index in [1.165, 1.54) is 0 Å². The summed E-state index contributed by atoms with van der Waals surface area (Å²) in [7, 11) is 0. The van der Waals surface area contributed by atoms with Crippen LogP contribution in [0.25, 0.3) is 10.8 Å². The molecule has 2 aromatic carbocycles. The Morgan fingerprint density at radius 3 is 2.58 bits per heavy atom. The largest absolute Gasteiger partial charge is 0.433 e. The number of hydrogen-bond donors (Lipinski definition) is 1. The molecule has 1 unspecified atom stereocenters. The van der Waals surface area contributed by atoms with Crippen LogP contribution >= 0.6 is 11.8 Å². The van der Waals surface area contributed by atoms with Crippen molar-refractivity contribution in [3.05, 3.63) is 60.4 Å². The summed E-state index contributed by atoms with van der Waals surface area (Å²) in [5.41, 5.74) is -0.414. The fraction of sp³-hybridized carbons (Fsp3) is 0.167. The Hall–Kier alpha value is -2.61. The molecule has 26 heavy (non-hydrogen) atoms. The van der Waals surface area contributed by atoms with E-state index in [0.717, 1.165) is 34.8 Å². The molecule has 1 heterocycles. The molecule has 4 nitrogen and oxygen atoms in total. The topological polar surface area (TPSA) is 54.9 Å². The average molecular weight is 377 g/mol. The van der Waals surface area contributed by atoms with Crippen molar-refractivity contribution in [3.63, 3.8) is 0 Å². The maximum absolute atomic E-state index is 12.7. The highest BCUT2D eigenvalue weighted by molar-refractivity contribution is 8.00. The number of anilines is 1. The Morgan fingerprint density at radius 1 is 1.12 bits per heavy atom. The first-order chi connectivity index (χ1) is 12.3. The van der Waals surface area contributed by atoms with Crippen molar-refractivity contribution < 1.29 is 18.0 Å². The normalized spacial score (nSPS) is 12.8. The molecule has 1 atom stereocenters. The fourth-order valence-corrected chi connectivity index (χ4v) is 3.03. The van der Waals surface area contributed by atoms with Gasteiger partial charge in [0, 0.05) is 11.9 Å². The minimum atomic E-state index is -4.55. The number of benzene rings is 2. The van der Waals surface area contributed by atoms with Gasteiger partial charge in [0.1, 0.15) is 5.69 Å². The molecule has 0 aliphatic heterocycles. The Kier molecular flexibility index (Phi) is 5.13. The number of amides is 1. The predicted octanol–water partition coefficient (Wildman–Crippen LogP) is 4.77. The minimum Gasteiger partial charge on any atom is -0.325 e. The van der Waals surface area contributed by atoms with Crippen molar-refractivity contribution in [2.24, 2.45) is 0 Å². The number of aromatic nitrogens is 2.